The molecule has 2 heterocycles. The van der Waals surface area contributed by atoms with Gasteiger partial charge in [0.1, 0.15) is 6.54 Å². The number of carbonyl (C=O) groups excluding carboxylic acids is 3. The number of nitrogens with zero attached hydrogens (tertiary/aromatic N) is 2. The zero-order valence-electron chi connectivity index (χ0n) is 14.9. The average Bonchev–Trinajstić information content (AvgIpc) is 2.86. The fourth-order valence-electron chi connectivity index (χ4n) is 2.95. The molecule has 142 valence electrons. The van der Waals surface area contributed by atoms with E-state index >= 15 is 0 Å². The molecule has 0 unspecified atom stereocenters. The number of hydrogen-bond acceptors (Lipinski definition) is 6. The Kier molecular flexibility index (Phi) is 5.41. The summed E-state index contributed by atoms with van der Waals surface area (Å²) >= 11 is 1.00. The van der Waals surface area contributed by atoms with Gasteiger partial charge >= 0.3 is 10.8 Å². The molecule has 0 bridgehead atoms. The number of fused-ring (bicyclic) bond motifs is 1. The maximum absolute atomic E-state index is 12.7. The Morgan fingerprint density at radius 3 is 2.74 bits per heavy atom. The van der Waals surface area contributed by atoms with Gasteiger partial charge in [-0.25, -0.2) is 0 Å². The van der Waals surface area contributed by atoms with Gasteiger partial charge < -0.3 is 15.0 Å². The molecule has 0 saturated carbocycles. The minimum atomic E-state index is -0.670. The Balaban J connectivity index is 1.71. The van der Waals surface area contributed by atoms with Crippen LogP contribution in [0.2, 0.25) is 0 Å². The molecule has 3 rings (SSSR count). The van der Waals surface area contributed by atoms with Crippen molar-refractivity contribution in [3.05, 3.63) is 45.0 Å². The summed E-state index contributed by atoms with van der Waals surface area (Å²) < 4.78 is 6.38. The number of amides is 2. The quantitative estimate of drug-likeness (QED) is 0.800. The SMILES string of the molecule is Cc1csc(=O)n1CC(=O)OCC(=O)N1c2ccccc2NC(=O)C[C@@H]1C. The van der Waals surface area contributed by atoms with Crippen LogP contribution in [0.5, 0.6) is 0 Å². The molecular weight excluding hydrogens is 370 g/mol. The van der Waals surface area contributed by atoms with Gasteiger partial charge in [0.05, 0.1) is 11.4 Å². The van der Waals surface area contributed by atoms with E-state index in [1.54, 1.807) is 43.5 Å². The number of para-hydroxylation sites is 2. The summed E-state index contributed by atoms with van der Waals surface area (Å²) in [5, 5.41) is 4.42. The topological polar surface area (TPSA) is 97.7 Å². The normalized spacial score (nSPS) is 16.3. The third kappa shape index (κ3) is 4.08. The minimum absolute atomic E-state index is 0.137. The Morgan fingerprint density at radius 1 is 1.30 bits per heavy atom. The fourth-order valence-corrected chi connectivity index (χ4v) is 3.68. The Labute approximate surface area is 159 Å². The summed E-state index contributed by atoms with van der Waals surface area (Å²) in [5.74, 6) is -1.29. The van der Waals surface area contributed by atoms with Crippen molar-refractivity contribution in [3.8, 4) is 0 Å². The van der Waals surface area contributed by atoms with Crippen molar-refractivity contribution in [2.24, 2.45) is 0 Å². The van der Waals surface area contributed by atoms with Crippen LogP contribution < -0.4 is 15.1 Å². The Bertz CT molecular complexity index is 948. The van der Waals surface area contributed by atoms with Gasteiger partial charge in [0.2, 0.25) is 5.91 Å². The van der Waals surface area contributed by atoms with Crippen LogP contribution in [0, 0.1) is 6.92 Å². The average molecular weight is 389 g/mol. The number of nitrogens with one attached hydrogen (secondary N) is 1. The molecule has 9 heteroatoms. The highest BCUT2D eigenvalue weighted by molar-refractivity contribution is 7.07. The van der Waals surface area contributed by atoms with Crippen molar-refractivity contribution in [1.29, 1.82) is 0 Å². The number of benzene rings is 1. The lowest BCUT2D eigenvalue weighted by atomic mass is 10.1. The Morgan fingerprint density at radius 2 is 2.04 bits per heavy atom. The number of hydrogen-bond donors (Lipinski definition) is 1. The zero-order valence-corrected chi connectivity index (χ0v) is 15.7. The molecule has 2 aromatic rings. The second-order valence-electron chi connectivity index (χ2n) is 6.27. The summed E-state index contributed by atoms with van der Waals surface area (Å²) in [7, 11) is 0. The van der Waals surface area contributed by atoms with Crippen molar-refractivity contribution >= 4 is 40.5 Å². The van der Waals surface area contributed by atoms with Crippen molar-refractivity contribution in [2.45, 2.75) is 32.9 Å². The van der Waals surface area contributed by atoms with Gasteiger partial charge in [0.25, 0.3) is 5.91 Å². The van der Waals surface area contributed by atoms with Crippen molar-refractivity contribution in [3.63, 3.8) is 0 Å². The molecule has 0 fully saturated rings. The van der Waals surface area contributed by atoms with Crippen LogP contribution in [-0.4, -0.2) is 35.0 Å². The molecule has 1 aromatic carbocycles. The molecule has 0 saturated heterocycles. The molecular formula is C18H19N3O5S. The van der Waals surface area contributed by atoms with E-state index in [4.69, 9.17) is 4.74 Å². The number of rotatable bonds is 4. The number of thiazole rings is 1. The third-order valence-electron chi connectivity index (χ3n) is 4.25. The highest BCUT2D eigenvalue weighted by Crippen LogP contribution is 2.31. The lowest BCUT2D eigenvalue weighted by molar-refractivity contribution is -0.148. The third-order valence-corrected chi connectivity index (χ3v) is 5.13. The predicted molar refractivity (Wildman–Crippen MR) is 101 cm³/mol. The number of aromatic nitrogens is 1. The minimum Gasteiger partial charge on any atom is -0.454 e. The van der Waals surface area contributed by atoms with E-state index in [2.05, 4.69) is 5.32 Å². The van der Waals surface area contributed by atoms with Crippen LogP contribution in [0.4, 0.5) is 11.4 Å². The molecule has 8 nitrogen and oxygen atoms in total. The van der Waals surface area contributed by atoms with Crippen molar-refractivity contribution < 1.29 is 19.1 Å². The standard InChI is InChI=1S/C18H19N3O5S/c1-11-7-15(22)19-13-5-3-4-6-14(13)21(11)16(23)9-26-17(24)8-20-12(2)10-27-18(20)25/h3-6,10-11H,7-9H2,1-2H3,(H,19,22)/t11-/m0/s1. The molecule has 1 aromatic heterocycles. The highest BCUT2D eigenvalue weighted by atomic mass is 32.1. The van der Waals surface area contributed by atoms with Crippen LogP contribution in [-0.2, 0) is 25.7 Å². The van der Waals surface area contributed by atoms with Gasteiger partial charge in [-0.1, -0.05) is 23.5 Å². The smallest absolute Gasteiger partial charge is 0.326 e. The first-order valence-corrected chi connectivity index (χ1v) is 9.26. The predicted octanol–water partition coefficient (Wildman–Crippen LogP) is 1.53. The first kappa shape index (κ1) is 18.8. The number of ether oxygens (including phenoxy) is 1. The monoisotopic (exact) mass is 389 g/mol. The van der Waals surface area contributed by atoms with Gasteiger partial charge in [-0.05, 0) is 26.0 Å². The maximum atomic E-state index is 12.7. The molecule has 0 aliphatic carbocycles. The lowest BCUT2D eigenvalue weighted by Gasteiger charge is -2.27. The summed E-state index contributed by atoms with van der Waals surface area (Å²) in [5.41, 5.74) is 1.75. The van der Waals surface area contributed by atoms with Gasteiger partial charge in [-0.15, -0.1) is 0 Å². The van der Waals surface area contributed by atoms with E-state index in [0.717, 1.165) is 11.3 Å². The van der Waals surface area contributed by atoms with Crippen LogP contribution in [0.15, 0.2) is 34.4 Å². The number of aryl methyl sites for hydroxylation is 1. The van der Waals surface area contributed by atoms with Gasteiger partial charge in [0, 0.05) is 23.5 Å². The van der Waals surface area contributed by atoms with Crippen molar-refractivity contribution in [1.82, 2.24) is 4.57 Å². The maximum Gasteiger partial charge on any atom is 0.326 e. The van der Waals surface area contributed by atoms with E-state index in [1.165, 1.54) is 9.47 Å². The fraction of sp³-hybridized carbons (Fsp3) is 0.333. The summed E-state index contributed by atoms with van der Waals surface area (Å²) in [6.45, 7) is 2.77. The first-order chi connectivity index (χ1) is 12.9. The van der Waals surface area contributed by atoms with Crippen LogP contribution in [0.1, 0.15) is 19.0 Å². The largest absolute Gasteiger partial charge is 0.454 e. The molecule has 1 aliphatic rings. The second-order valence-corrected chi connectivity index (χ2v) is 7.09. The van der Waals surface area contributed by atoms with Gasteiger partial charge in [0.15, 0.2) is 6.61 Å². The summed E-state index contributed by atoms with van der Waals surface area (Å²) in [4.78, 5) is 49.6. The van der Waals surface area contributed by atoms with Crippen LogP contribution in [0.3, 0.4) is 0 Å². The van der Waals surface area contributed by atoms with E-state index in [-0.39, 0.29) is 29.8 Å². The number of anilines is 2. The van der Waals surface area contributed by atoms with Crippen LogP contribution in [0.25, 0.3) is 0 Å². The zero-order chi connectivity index (χ0) is 19.6. The summed E-state index contributed by atoms with van der Waals surface area (Å²) in [6, 6.07) is 6.58. The molecule has 1 N–H and O–H groups in total. The molecule has 1 atom stereocenters. The molecule has 2 amide bonds. The molecule has 1 aliphatic heterocycles. The van der Waals surface area contributed by atoms with E-state index in [0.29, 0.717) is 17.1 Å². The Hall–Kier alpha value is -2.94. The number of esters is 1. The first-order valence-electron chi connectivity index (χ1n) is 8.38. The van der Waals surface area contributed by atoms with E-state index < -0.39 is 18.5 Å². The molecule has 0 spiro atoms. The molecule has 0 radical (unpaired) electrons. The van der Waals surface area contributed by atoms with Crippen LogP contribution >= 0.6 is 11.3 Å². The molecule has 27 heavy (non-hydrogen) atoms. The summed E-state index contributed by atoms with van der Waals surface area (Å²) in [6.07, 6.45) is 0.137. The van der Waals surface area contributed by atoms with E-state index in [9.17, 15) is 19.2 Å². The second kappa shape index (κ2) is 7.75. The number of carbonyl (C=O) groups is 3. The van der Waals surface area contributed by atoms with Gasteiger partial charge in [-0.3, -0.25) is 23.7 Å². The van der Waals surface area contributed by atoms with E-state index in [1.807, 2.05) is 0 Å². The lowest BCUT2D eigenvalue weighted by Crippen LogP contribution is -2.41. The van der Waals surface area contributed by atoms with Crippen molar-refractivity contribution in [2.75, 3.05) is 16.8 Å². The van der Waals surface area contributed by atoms with Gasteiger partial charge in [-0.2, -0.15) is 0 Å². The highest BCUT2D eigenvalue weighted by Gasteiger charge is 2.30.